The van der Waals surface area contributed by atoms with Crippen molar-refractivity contribution in [3.8, 4) is 0 Å². The largest absolute Gasteiger partial charge is 0.326 e. The van der Waals surface area contributed by atoms with Gasteiger partial charge in [0.25, 0.3) is 0 Å². The molecule has 0 spiro atoms. The molecule has 1 aromatic rings. The Bertz CT molecular complexity index is 462. The number of nitrogens with zero attached hydrogens (tertiary/aromatic N) is 3. The minimum Gasteiger partial charge on any atom is -0.326 e. The van der Waals surface area contributed by atoms with Crippen LogP contribution in [0.25, 0.3) is 0 Å². The molecule has 2 rings (SSSR count). The molecular weight excluding hydrogens is 250 g/mol. The lowest BCUT2D eigenvalue weighted by Crippen LogP contribution is -2.70. The molecule has 0 radical (unpaired) electrons. The molecule has 1 aliphatic rings. The summed E-state index contributed by atoms with van der Waals surface area (Å²) in [4.78, 5) is 21.3. The normalized spacial score (nSPS) is 23.1. The van der Waals surface area contributed by atoms with Crippen molar-refractivity contribution in [3.63, 3.8) is 0 Å². The maximum absolute atomic E-state index is 12.6. The van der Waals surface area contributed by atoms with Crippen molar-refractivity contribution < 1.29 is 4.79 Å². The number of carbonyl (C=O) groups excluding carboxylic acids is 1. The third-order valence-corrected chi connectivity index (χ3v) is 3.99. The minimum absolute atomic E-state index is 0.0589. The van der Waals surface area contributed by atoms with E-state index in [4.69, 9.17) is 0 Å². The van der Waals surface area contributed by atoms with Gasteiger partial charge >= 0.3 is 0 Å². The van der Waals surface area contributed by atoms with Gasteiger partial charge in [-0.2, -0.15) is 0 Å². The summed E-state index contributed by atoms with van der Waals surface area (Å²) in [5, 5.41) is 0. The highest BCUT2D eigenvalue weighted by Gasteiger charge is 2.54. The first-order valence-electron chi connectivity index (χ1n) is 7.40. The molecule has 4 nitrogen and oxygen atoms in total. The topological polar surface area (TPSA) is 36.4 Å². The van der Waals surface area contributed by atoms with Gasteiger partial charge in [-0.1, -0.05) is 19.9 Å². The number of hydrogen-bond donors (Lipinski definition) is 0. The van der Waals surface area contributed by atoms with Gasteiger partial charge in [0.05, 0.1) is 11.7 Å². The van der Waals surface area contributed by atoms with E-state index >= 15 is 0 Å². The Labute approximate surface area is 121 Å². The number of pyridine rings is 1. The summed E-state index contributed by atoms with van der Waals surface area (Å²) in [6.45, 7) is 12.2. The number of aromatic nitrogens is 1. The van der Waals surface area contributed by atoms with Gasteiger partial charge < -0.3 is 4.90 Å². The second kappa shape index (κ2) is 5.52. The summed E-state index contributed by atoms with van der Waals surface area (Å²) in [6, 6.07) is 5.91. The molecule has 1 aromatic heterocycles. The van der Waals surface area contributed by atoms with E-state index in [2.05, 4.69) is 44.5 Å². The molecule has 0 N–H and O–H groups in total. The molecule has 1 amide bonds. The van der Waals surface area contributed by atoms with E-state index in [0.29, 0.717) is 0 Å². The molecule has 1 aliphatic heterocycles. The Morgan fingerprint density at radius 2 is 1.90 bits per heavy atom. The first-order chi connectivity index (χ1) is 9.41. The van der Waals surface area contributed by atoms with Gasteiger partial charge in [0.2, 0.25) is 5.91 Å². The number of amides is 1. The molecule has 2 heterocycles. The van der Waals surface area contributed by atoms with Crippen LogP contribution in [0, 0.1) is 0 Å². The van der Waals surface area contributed by atoms with Gasteiger partial charge in [-0.3, -0.25) is 14.7 Å². The molecule has 4 heteroatoms. The molecular formula is C16H25N3O. The van der Waals surface area contributed by atoms with E-state index in [1.54, 1.807) is 6.20 Å². The molecule has 2 atom stereocenters. The molecule has 0 bridgehead atoms. The smallest absolute Gasteiger partial charge is 0.243 e. The maximum Gasteiger partial charge on any atom is 0.243 e. The van der Waals surface area contributed by atoms with Crippen LogP contribution in [0.3, 0.4) is 0 Å². The summed E-state index contributed by atoms with van der Waals surface area (Å²) in [5.41, 5.74) is 0.807. The van der Waals surface area contributed by atoms with Gasteiger partial charge in [0.1, 0.15) is 6.04 Å². The number of likely N-dealkylation sites (N-methyl/N-ethyl adjacent to an activating group) is 1. The van der Waals surface area contributed by atoms with E-state index in [-0.39, 0.29) is 23.5 Å². The zero-order chi connectivity index (χ0) is 14.9. The van der Waals surface area contributed by atoms with Crippen molar-refractivity contribution >= 4 is 5.91 Å². The quantitative estimate of drug-likeness (QED) is 0.792. The zero-order valence-corrected chi connectivity index (χ0v) is 13.1. The summed E-state index contributed by atoms with van der Waals surface area (Å²) in [5.74, 6) is 0.219. The van der Waals surface area contributed by atoms with Gasteiger partial charge in [0.15, 0.2) is 0 Å². The van der Waals surface area contributed by atoms with E-state index in [1.165, 1.54) is 0 Å². The first kappa shape index (κ1) is 15.0. The highest BCUT2D eigenvalue weighted by atomic mass is 16.2. The predicted octanol–water partition coefficient (Wildman–Crippen LogP) is 2.47. The van der Waals surface area contributed by atoms with Gasteiger partial charge in [-0.25, -0.2) is 0 Å². The van der Waals surface area contributed by atoms with E-state index in [9.17, 15) is 4.79 Å². The molecule has 0 aromatic carbocycles. The summed E-state index contributed by atoms with van der Waals surface area (Å²) >= 11 is 0. The van der Waals surface area contributed by atoms with Crippen LogP contribution in [-0.4, -0.2) is 45.4 Å². The average Bonchev–Trinajstić information content (AvgIpc) is 2.40. The first-order valence-corrected chi connectivity index (χ1v) is 7.40. The molecule has 20 heavy (non-hydrogen) atoms. The molecule has 110 valence electrons. The highest BCUT2D eigenvalue weighted by molar-refractivity contribution is 5.90. The lowest BCUT2D eigenvalue weighted by molar-refractivity contribution is -0.170. The van der Waals surface area contributed by atoms with Gasteiger partial charge in [-0.15, -0.1) is 0 Å². The highest BCUT2D eigenvalue weighted by Crippen LogP contribution is 2.42. The van der Waals surface area contributed by atoms with Crippen LogP contribution in [0.2, 0.25) is 0 Å². The van der Waals surface area contributed by atoms with Crippen LogP contribution in [0.5, 0.6) is 0 Å². The number of likely N-dealkylation sites (tertiary alicyclic amines) is 1. The average molecular weight is 275 g/mol. The van der Waals surface area contributed by atoms with Crippen LogP contribution in [0.4, 0.5) is 0 Å². The molecule has 1 saturated heterocycles. The molecule has 0 aliphatic carbocycles. The molecule has 0 unspecified atom stereocenters. The Balaban J connectivity index is 2.37. The third-order valence-electron chi connectivity index (χ3n) is 3.99. The second-order valence-electron chi connectivity index (χ2n) is 6.24. The van der Waals surface area contributed by atoms with Crippen LogP contribution < -0.4 is 0 Å². The van der Waals surface area contributed by atoms with Crippen molar-refractivity contribution in [1.82, 2.24) is 14.8 Å². The zero-order valence-electron chi connectivity index (χ0n) is 13.1. The SMILES string of the molecule is CCN(CC)[C@H]1C(=O)N(C(C)(C)C)[C@@H]1c1ccccn1. The summed E-state index contributed by atoms with van der Waals surface area (Å²) in [7, 11) is 0. The Morgan fingerprint density at radius 1 is 1.25 bits per heavy atom. The Hall–Kier alpha value is -1.42. The van der Waals surface area contributed by atoms with Crippen LogP contribution in [-0.2, 0) is 4.79 Å². The van der Waals surface area contributed by atoms with Crippen molar-refractivity contribution in [1.29, 1.82) is 0 Å². The minimum atomic E-state index is -0.178. The van der Waals surface area contributed by atoms with Gasteiger partial charge in [0, 0.05) is 11.7 Å². The molecule has 0 saturated carbocycles. The standard InChI is InChI=1S/C16H25N3O/c1-6-18(7-2)14-13(12-10-8-9-11-17-12)19(15(14)20)16(3,4)5/h8-11,13-14H,6-7H2,1-5H3/t13-,14-/m1/s1. The summed E-state index contributed by atoms with van der Waals surface area (Å²) < 4.78 is 0. The van der Waals surface area contributed by atoms with E-state index in [0.717, 1.165) is 18.8 Å². The summed E-state index contributed by atoms with van der Waals surface area (Å²) in [6.07, 6.45) is 1.80. The van der Waals surface area contributed by atoms with Crippen molar-refractivity contribution in [2.45, 2.75) is 52.2 Å². The van der Waals surface area contributed by atoms with E-state index in [1.807, 2.05) is 23.1 Å². The van der Waals surface area contributed by atoms with Crippen LogP contribution >= 0.6 is 0 Å². The van der Waals surface area contributed by atoms with Crippen molar-refractivity contribution in [2.24, 2.45) is 0 Å². The Morgan fingerprint density at radius 3 is 2.35 bits per heavy atom. The fourth-order valence-corrected chi connectivity index (χ4v) is 3.04. The number of β-lactam (4-membered cyclic amide) rings is 1. The molecule has 1 fully saturated rings. The fourth-order valence-electron chi connectivity index (χ4n) is 3.04. The van der Waals surface area contributed by atoms with Crippen LogP contribution in [0.15, 0.2) is 24.4 Å². The lowest BCUT2D eigenvalue weighted by Gasteiger charge is -2.56. The Kier molecular flexibility index (Phi) is 4.14. The third kappa shape index (κ3) is 2.44. The van der Waals surface area contributed by atoms with Gasteiger partial charge in [-0.05, 0) is 46.0 Å². The monoisotopic (exact) mass is 275 g/mol. The maximum atomic E-state index is 12.6. The lowest BCUT2D eigenvalue weighted by atomic mass is 9.84. The van der Waals surface area contributed by atoms with Crippen molar-refractivity contribution in [2.75, 3.05) is 13.1 Å². The second-order valence-corrected chi connectivity index (χ2v) is 6.24. The van der Waals surface area contributed by atoms with Crippen molar-refractivity contribution in [3.05, 3.63) is 30.1 Å². The fraction of sp³-hybridized carbons (Fsp3) is 0.625. The van der Waals surface area contributed by atoms with Crippen LogP contribution in [0.1, 0.15) is 46.4 Å². The van der Waals surface area contributed by atoms with E-state index < -0.39 is 0 Å². The number of carbonyl (C=O) groups is 1. The number of hydrogen-bond acceptors (Lipinski definition) is 3. The number of rotatable bonds is 4. The predicted molar refractivity (Wildman–Crippen MR) is 80.3 cm³/mol.